The Morgan fingerprint density at radius 1 is 1.17 bits per heavy atom. The number of aromatic nitrogens is 1. The van der Waals surface area contributed by atoms with Crippen LogP contribution in [-0.4, -0.2) is 20.0 Å². The zero-order valence-electron chi connectivity index (χ0n) is 14.5. The van der Waals surface area contributed by atoms with Gasteiger partial charge in [-0.05, 0) is 42.2 Å². The molecule has 6 heteroatoms. The summed E-state index contributed by atoms with van der Waals surface area (Å²) in [6.45, 7) is 8.49. The van der Waals surface area contributed by atoms with Gasteiger partial charge in [0.15, 0.2) is 0 Å². The van der Waals surface area contributed by atoms with Crippen LogP contribution in [0.4, 0.5) is 0 Å². The minimum absolute atomic E-state index is 0.133. The van der Waals surface area contributed by atoms with E-state index in [0.717, 1.165) is 5.56 Å². The molecule has 0 atom stereocenters. The van der Waals surface area contributed by atoms with E-state index in [1.807, 2.05) is 39.8 Å². The summed E-state index contributed by atoms with van der Waals surface area (Å²) in [5.74, 6) is 0.360. The van der Waals surface area contributed by atoms with Crippen molar-refractivity contribution >= 4 is 10.0 Å². The largest absolute Gasteiger partial charge is 0.492 e. The molecule has 1 aromatic heterocycles. The van der Waals surface area contributed by atoms with E-state index in [1.54, 1.807) is 30.5 Å². The minimum Gasteiger partial charge on any atom is -0.492 e. The van der Waals surface area contributed by atoms with Crippen LogP contribution < -0.4 is 9.46 Å². The van der Waals surface area contributed by atoms with Gasteiger partial charge in [-0.3, -0.25) is 4.98 Å². The summed E-state index contributed by atoms with van der Waals surface area (Å²) in [6, 6.07) is 10.7. The number of hydrogen-bond donors (Lipinski definition) is 1. The fraction of sp³-hybridized carbons (Fsp3) is 0.389. The van der Waals surface area contributed by atoms with E-state index in [9.17, 15) is 8.42 Å². The molecule has 1 N–H and O–H groups in total. The Labute approximate surface area is 144 Å². The van der Waals surface area contributed by atoms with E-state index in [4.69, 9.17) is 4.74 Å². The molecular formula is C18H24N2O3S. The lowest BCUT2D eigenvalue weighted by Gasteiger charge is -2.21. The lowest BCUT2D eigenvalue weighted by molar-refractivity contribution is 0.330. The van der Waals surface area contributed by atoms with E-state index in [1.165, 1.54) is 0 Å². The second kappa shape index (κ2) is 7.32. The van der Waals surface area contributed by atoms with Gasteiger partial charge in [-0.1, -0.05) is 32.9 Å². The van der Waals surface area contributed by atoms with Crippen LogP contribution in [0.1, 0.15) is 39.0 Å². The molecule has 24 heavy (non-hydrogen) atoms. The van der Waals surface area contributed by atoms with Crippen LogP contribution >= 0.6 is 0 Å². The zero-order chi connectivity index (χ0) is 17.8. The Bertz CT molecular complexity index is 782. The third-order valence-electron chi connectivity index (χ3n) is 3.57. The fourth-order valence-electron chi connectivity index (χ4n) is 2.21. The summed E-state index contributed by atoms with van der Waals surface area (Å²) < 4.78 is 33.6. The molecule has 0 saturated carbocycles. The van der Waals surface area contributed by atoms with Crippen molar-refractivity contribution < 1.29 is 13.2 Å². The molecule has 0 radical (unpaired) electrons. The summed E-state index contributed by atoms with van der Waals surface area (Å²) >= 11 is 0. The van der Waals surface area contributed by atoms with Gasteiger partial charge in [-0.2, -0.15) is 0 Å². The van der Waals surface area contributed by atoms with Crippen LogP contribution in [0.25, 0.3) is 0 Å². The van der Waals surface area contributed by atoms with Crippen molar-refractivity contribution in [2.24, 2.45) is 0 Å². The van der Waals surface area contributed by atoms with Gasteiger partial charge in [0.2, 0.25) is 10.0 Å². The van der Waals surface area contributed by atoms with Crippen LogP contribution in [0.5, 0.6) is 5.75 Å². The first kappa shape index (κ1) is 18.4. The number of pyridine rings is 1. The summed E-state index contributed by atoms with van der Waals surface area (Å²) in [4.78, 5) is 4.29. The maximum absolute atomic E-state index is 12.8. The van der Waals surface area contributed by atoms with Crippen molar-refractivity contribution in [3.63, 3.8) is 0 Å². The normalized spacial score (nSPS) is 12.2. The van der Waals surface area contributed by atoms with Crippen molar-refractivity contribution in [1.82, 2.24) is 9.71 Å². The van der Waals surface area contributed by atoms with Crippen molar-refractivity contribution in [3.05, 3.63) is 53.9 Å². The second-order valence-electron chi connectivity index (χ2n) is 6.49. The van der Waals surface area contributed by atoms with E-state index in [2.05, 4.69) is 9.71 Å². The number of benzene rings is 1. The predicted molar refractivity (Wildman–Crippen MR) is 94.6 cm³/mol. The Morgan fingerprint density at radius 2 is 1.92 bits per heavy atom. The Morgan fingerprint density at radius 3 is 2.50 bits per heavy atom. The molecule has 0 saturated heterocycles. The maximum atomic E-state index is 12.8. The van der Waals surface area contributed by atoms with Gasteiger partial charge >= 0.3 is 0 Å². The molecule has 2 aromatic rings. The SMILES string of the molecule is CCOc1ccc(C(C)(C)C)cc1S(=O)(=O)NCc1ccccn1. The molecule has 2 rings (SSSR count). The highest BCUT2D eigenvalue weighted by molar-refractivity contribution is 7.89. The highest BCUT2D eigenvalue weighted by atomic mass is 32.2. The topological polar surface area (TPSA) is 68.3 Å². The van der Waals surface area contributed by atoms with Crippen LogP contribution in [0.15, 0.2) is 47.5 Å². The molecule has 0 amide bonds. The second-order valence-corrected chi connectivity index (χ2v) is 8.23. The monoisotopic (exact) mass is 348 g/mol. The molecule has 0 bridgehead atoms. The van der Waals surface area contributed by atoms with Crippen LogP contribution in [-0.2, 0) is 22.0 Å². The van der Waals surface area contributed by atoms with E-state index in [-0.39, 0.29) is 16.9 Å². The molecule has 5 nitrogen and oxygen atoms in total. The van der Waals surface area contributed by atoms with Crippen molar-refractivity contribution in [2.45, 2.75) is 44.6 Å². The smallest absolute Gasteiger partial charge is 0.244 e. The first-order chi connectivity index (χ1) is 11.2. The number of rotatable bonds is 6. The maximum Gasteiger partial charge on any atom is 0.244 e. The molecule has 0 aliphatic rings. The molecule has 0 spiro atoms. The first-order valence-electron chi connectivity index (χ1n) is 7.91. The molecular weight excluding hydrogens is 324 g/mol. The summed E-state index contributed by atoms with van der Waals surface area (Å²) in [6.07, 6.45) is 1.63. The number of hydrogen-bond acceptors (Lipinski definition) is 4. The number of sulfonamides is 1. The highest BCUT2D eigenvalue weighted by Crippen LogP contribution is 2.31. The molecule has 130 valence electrons. The molecule has 0 fully saturated rings. The molecule has 0 unspecified atom stereocenters. The van der Waals surface area contributed by atoms with Gasteiger partial charge in [0.05, 0.1) is 18.8 Å². The molecule has 0 aliphatic carbocycles. The average Bonchev–Trinajstić information content (AvgIpc) is 2.53. The van der Waals surface area contributed by atoms with E-state index < -0.39 is 10.0 Å². The van der Waals surface area contributed by atoms with Gasteiger partial charge in [-0.15, -0.1) is 0 Å². The highest BCUT2D eigenvalue weighted by Gasteiger charge is 2.23. The number of ether oxygens (including phenoxy) is 1. The summed E-state index contributed by atoms with van der Waals surface area (Å²) in [5, 5.41) is 0. The first-order valence-corrected chi connectivity index (χ1v) is 9.39. The van der Waals surface area contributed by atoms with Crippen LogP contribution in [0, 0.1) is 0 Å². The van der Waals surface area contributed by atoms with Crippen LogP contribution in [0.2, 0.25) is 0 Å². The zero-order valence-corrected chi connectivity index (χ0v) is 15.4. The lowest BCUT2D eigenvalue weighted by atomic mass is 9.87. The van der Waals surface area contributed by atoms with Crippen molar-refractivity contribution in [1.29, 1.82) is 0 Å². The van der Waals surface area contributed by atoms with E-state index >= 15 is 0 Å². The third kappa shape index (κ3) is 4.55. The van der Waals surface area contributed by atoms with Gasteiger partial charge in [0, 0.05) is 6.20 Å². The average molecular weight is 348 g/mol. The van der Waals surface area contributed by atoms with Crippen molar-refractivity contribution in [2.75, 3.05) is 6.61 Å². The van der Waals surface area contributed by atoms with Gasteiger partial charge in [0.25, 0.3) is 0 Å². The standard InChI is InChI=1S/C18H24N2O3S/c1-5-23-16-10-9-14(18(2,3)4)12-17(16)24(21,22)20-13-15-8-6-7-11-19-15/h6-12,20H,5,13H2,1-4H3. The quantitative estimate of drug-likeness (QED) is 0.870. The van der Waals surface area contributed by atoms with Crippen molar-refractivity contribution in [3.8, 4) is 5.75 Å². The van der Waals surface area contributed by atoms with Gasteiger partial charge in [0.1, 0.15) is 10.6 Å². The van der Waals surface area contributed by atoms with E-state index in [0.29, 0.717) is 18.1 Å². The van der Waals surface area contributed by atoms with Gasteiger partial charge in [-0.25, -0.2) is 13.1 Å². The Balaban J connectivity index is 2.35. The van der Waals surface area contributed by atoms with Gasteiger partial charge < -0.3 is 4.74 Å². The molecule has 1 aromatic carbocycles. The summed E-state index contributed by atoms with van der Waals surface area (Å²) in [7, 11) is -3.71. The minimum atomic E-state index is -3.71. The number of nitrogens with zero attached hydrogens (tertiary/aromatic N) is 1. The lowest BCUT2D eigenvalue weighted by Crippen LogP contribution is -2.25. The Kier molecular flexibility index (Phi) is 5.62. The predicted octanol–water partition coefficient (Wildman–Crippen LogP) is 3.26. The Hall–Kier alpha value is -1.92. The molecule has 1 heterocycles. The van der Waals surface area contributed by atoms with Crippen LogP contribution in [0.3, 0.4) is 0 Å². The summed E-state index contributed by atoms with van der Waals surface area (Å²) in [5.41, 5.74) is 1.44. The molecule has 0 aliphatic heterocycles. The third-order valence-corrected chi connectivity index (χ3v) is 4.99. The fourth-order valence-corrected chi connectivity index (χ4v) is 3.38. The number of nitrogens with one attached hydrogen (secondary N) is 1.